The quantitative estimate of drug-likeness (QED) is 0.565. The van der Waals surface area contributed by atoms with E-state index >= 15 is 0 Å². The van der Waals surface area contributed by atoms with Crippen molar-refractivity contribution >= 4 is 24.7 Å². The van der Waals surface area contributed by atoms with Gasteiger partial charge in [0.05, 0.1) is 13.2 Å². The number of benzene rings is 1. The van der Waals surface area contributed by atoms with Crippen LogP contribution in [0, 0.1) is 0 Å². The van der Waals surface area contributed by atoms with Crippen molar-refractivity contribution in [1.29, 1.82) is 0 Å². The van der Waals surface area contributed by atoms with E-state index in [-0.39, 0.29) is 19.1 Å². The largest absolute Gasteiger partial charge is 0.401 e. The average molecular weight is 291 g/mol. The Hall–Kier alpha value is -0.670. The predicted molar refractivity (Wildman–Crippen MR) is 71.2 cm³/mol. The van der Waals surface area contributed by atoms with Crippen molar-refractivity contribution in [2.75, 3.05) is 13.2 Å². The summed E-state index contributed by atoms with van der Waals surface area (Å²) in [7, 11) is -3.74. The molecule has 0 aliphatic rings. The van der Waals surface area contributed by atoms with Gasteiger partial charge in [-0.05, 0) is 25.5 Å². The summed E-state index contributed by atoms with van der Waals surface area (Å²) in [6.07, 6.45) is 0. The maximum atomic E-state index is 12.3. The summed E-state index contributed by atoms with van der Waals surface area (Å²) >= 11 is 5.70. The lowest BCUT2D eigenvalue weighted by atomic mass is 10.2. The second-order valence-corrected chi connectivity index (χ2v) is 5.66. The fraction of sp³-hybridized carbons (Fsp3) is 0.417. The molecule has 6 heteroatoms. The molecule has 0 saturated heterocycles. The van der Waals surface area contributed by atoms with Crippen LogP contribution in [0.3, 0.4) is 0 Å². The third-order valence-electron chi connectivity index (χ3n) is 2.18. The Morgan fingerprint density at radius 1 is 1.28 bits per heavy atom. The maximum Gasteiger partial charge on any atom is 0.401 e. The number of hydrogen-bond acceptors (Lipinski definition) is 4. The summed E-state index contributed by atoms with van der Waals surface area (Å²) in [6, 6.07) is 6.65. The minimum atomic E-state index is -3.74. The van der Waals surface area contributed by atoms with Gasteiger partial charge in [-0.25, -0.2) is 0 Å². The molecule has 0 aliphatic heterocycles. The molecule has 100 valence electrons. The van der Waals surface area contributed by atoms with Gasteiger partial charge in [-0.2, -0.15) is 0 Å². The van der Waals surface area contributed by atoms with E-state index < -0.39 is 13.1 Å². The molecule has 0 aromatic heterocycles. The first kappa shape index (κ1) is 15.4. The van der Waals surface area contributed by atoms with Gasteiger partial charge in [0, 0.05) is 11.4 Å². The van der Waals surface area contributed by atoms with E-state index in [9.17, 15) is 9.36 Å². The monoisotopic (exact) mass is 290 g/mol. The highest BCUT2D eigenvalue weighted by atomic mass is 35.5. The normalized spacial score (nSPS) is 11.5. The lowest BCUT2D eigenvalue weighted by molar-refractivity contribution is 0.100. The number of halogens is 1. The molecule has 0 saturated carbocycles. The maximum absolute atomic E-state index is 12.3. The summed E-state index contributed by atoms with van der Waals surface area (Å²) in [5, 5.41) is 0. The molecule has 0 radical (unpaired) electrons. The van der Waals surface area contributed by atoms with Crippen molar-refractivity contribution < 1.29 is 18.4 Å². The number of hydrogen-bond donors (Lipinski definition) is 0. The Morgan fingerprint density at radius 2 is 1.89 bits per heavy atom. The number of alkyl halides is 1. The molecule has 1 aromatic rings. The number of carbonyl (C=O) groups is 1. The van der Waals surface area contributed by atoms with Gasteiger partial charge in [0.15, 0.2) is 0 Å². The lowest BCUT2D eigenvalue weighted by Crippen LogP contribution is -2.07. The van der Waals surface area contributed by atoms with Gasteiger partial charge in [-0.3, -0.25) is 9.36 Å². The molecule has 0 amide bonds. The summed E-state index contributed by atoms with van der Waals surface area (Å²) < 4.78 is 22.3. The molecular formula is C12H16ClO4P. The van der Waals surface area contributed by atoms with Crippen LogP contribution in [0.5, 0.6) is 0 Å². The van der Waals surface area contributed by atoms with Crippen molar-refractivity contribution in [3.8, 4) is 0 Å². The molecule has 1 rings (SSSR count). The molecule has 0 atom stereocenters. The highest BCUT2D eigenvalue weighted by Gasteiger charge is 2.35. The van der Waals surface area contributed by atoms with Crippen LogP contribution in [0.4, 0.5) is 0 Å². The van der Waals surface area contributed by atoms with Crippen molar-refractivity contribution in [2.45, 2.75) is 19.7 Å². The standard InChI is InChI=1S/C12H16ClO4P/c1-3-16-18(15,17-4-2)12(14)11-7-5-6-10(8-11)9-13/h5-8H,3-4,9H2,1-2H3. The van der Waals surface area contributed by atoms with Gasteiger partial charge in [0.2, 0.25) is 0 Å². The van der Waals surface area contributed by atoms with E-state index in [1.54, 1.807) is 38.1 Å². The van der Waals surface area contributed by atoms with Gasteiger partial charge < -0.3 is 9.05 Å². The molecule has 0 aliphatic carbocycles. The Morgan fingerprint density at radius 3 is 2.39 bits per heavy atom. The predicted octanol–water partition coefficient (Wildman–Crippen LogP) is 3.83. The zero-order chi connectivity index (χ0) is 13.6. The number of rotatable bonds is 7. The SMILES string of the molecule is CCOP(=O)(OCC)C(=O)c1cccc(CCl)c1. The first-order valence-corrected chi connectivity index (χ1v) is 7.74. The van der Waals surface area contributed by atoms with Crippen LogP contribution in [0.2, 0.25) is 0 Å². The third kappa shape index (κ3) is 3.66. The highest BCUT2D eigenvalue weighted by molar-refractivity contribution is 7.72. The number of carbonyl (C=O) groups excluding carboxylic acids is 1. The zero-order valence-corrected chi connectivity index (χ0v) is 12.0. The topological polar surface area (TPSA) is 52.6 Å². The Kier molecular flexibility index (Phi) is 6.03. The van der Waals surface area contributed by atoms with E-state index in [0.29, 0.717) is 5.56 Å². The second-order valence-electron chi connectivity index (χ2n) is 3.47. The van der Waals surface area contributed by atoms with Crippen LogP contribution in [0.15, 0.2) is 24.3 Å². The molecule has 0 bridgehead atoms. The van der Waals surface area contributed by atoms with E-state index in [1.165, 1.54) is 0 Å². The molecule has 0 heterocycles. The van der Waals surface area contributed by atoms with Crippen molar-refractivity contribution in [3.63, 3.8) is 0 Å². The summed E-state index contributed by atoms with van der Waals surface area (Å²) in [6.45, 7) is 3.62. The van der Waals surface area contributed by atoms with Crippen LogP contribution in [-0.2, 0) is 19.5 Å². The smallest absolute Gasteiger partial charge is 0.303 e. The van der Waals surface area contributed by atoms with Crippen LogP contribution in [0.25, 0.3) is 0 Å². The van der Waals surface area contributed by atoms with Crippen LogP contribution in [0.1, 0.15) is 29.8 Å². The van der Waals surface area contributed by atoms with Crippen LogP contribution >= 0.6 is 19.2 Å². The Bertz CT molecular complexity index is 451. The third-order valence-corrected chi connectivity index (χ3v) is 4.44. The van der Waals surface area contributed by atoms with Gasteiger partial charge >= 0.3 is 7.60 Å². The first-order chi connectivity index (χ1) is 8.57. The van der Waals surface area contributed by atoms with Crippen molar-refractivity contribution in [3.05, 3.63) is 35.4 Å². The minimum Gasteiger partial charge on any atom is -0.303 e. The molecule has 0 N–H and O–H groups in total. The molecular weight excluding hydrogens is 275 g/mol. The summed E-state index contributed by atoms with van der Waals surface area (Å²) in [5.74, 6) is 0.286. The summed E-state index contributed by atoms with van der Waals surface area (Å²) in [4.78, 5) is 12.2. The van der Waals surface area contributed by atoms with Gasteiger partial charge in [-0.15, -0.1) is 11.6 Å². The summed E-state index contributed by atoms with van der Waals surface area (Å²) in [5.41, 5.74) is 0.443. The van der Waals surface area contributed by atoms with Gasteiger partial charge in [0.25, 0.3) is 5.52 Å². The molecule has 0 spiro atoms. The Labute approximate surface area is 112 Å². The highest BCUT2D eigenvalue weighted by Crippen LogP contribution is 2.51. The fourth-order valence-electron chi connectivity index (χ4n) is 1.44. The average Bonchev–Trinajstić information content (AvgIpc) is 2.38. The minimum absolute atomic E-state index is 0.151. The molecule has 0 unspecified atom stereocenters. The molecule has 0 fully saturated rings. The second kappa shape index (κ2) is 7.05. The van der Waals surface area contributed by atoms with E-state index in [4.69, 9.17) is 20.6 Å². The van der Waals surface area contributed by atoms with Crippen molar-refractivity contribution in [1.82, 2.24) is 0 Å². The van der Waals surface area contributed by atoms with Crippen LogP contribution < -0.4 is 0 Å². The molecule has 1 aromatic carbocycles. The first-order valence-electron chi connectivity index (χ1n) is 5.66. The van der Waals surface area contributed by atoms with Crippen LogP contribution in [-0.4, -0.2) is 18.7 Å². The molecule has 18 heavy (non-hydrogen) atoms. The van der Waals surface area contributed by atoms with E-state index in [1.807, 2.05) is 0 Å². The molecule has 4 nitrogen and oxygen atoms in total. The zero-order valence-electron chi connectivity index (χ0n) is 10.4. The van der Waals surface area contributed by atoms with E-state index in [0.717, 1.165) is 5.56 Å². The van der Waals surface area contributed by atoms with Gasteiger partial charge in [0.1, 0.15) is 0 Å². The lowest BCUT2D eigenvalue weighted by Gasteiger charge is -2.15. The van der Waals surface area contributed by atoms with Gasteiger partial charge in [-0.1, -0.05) is 18.2 Å². The Balaban J connectivity index is 3.05. The van der Waals surface area contributed by atoms with Crippen molar-refractivity contribution in [2.24, 2.45) is 0 Å². The fourth-order valence-corrected chi connectivity index (χ4v) is 3.05. The van der Waals surface area contributed by atoms with E-state index in [2.05, 4.69) is 0 Å².